The summed E-state index contributed by atoms with van der Waals surface area (Å²) in [5.74, 6) is 0.876. The molecule has 0 atom stereocenters. The van der Waals surface area contributed by atoms with E-state index in [0.29, 0.717) is 5.92 Å². The van der Waals surface area contributed by atoms with Crippen molar-refractivity contribution in [3.05, 3.63) is 12.4 Å². The van der Waals surface area contributed by atoms with Crippen molar-refractivity contribution < 1.29 is 14.1 Å². The molecule has 2 fully saturated rings. The first kappa shape index (κ1) is 16.7. The summed E-state index contributed by atoms with van der Waals surface area (Å²) in [7, 11) is -0.348. The second-order valence-corrected chi connectivity index (χ2v) is 8.00. The zero-order valence-electron chi connectivity index (χ0n) is 14.6. The molecule has 0 bridgehead atoms. The van der Waals surface area contributed by atoms with Gasteiger partial charge in [0.05, 0.1) is 11.2 Å². The molecule has 126 valence electrons. The molecule has 1 aliphatic heterocycles. The van der Waals surface area contributed by atoms with Crippen molar-refractivity contribution in [3.63, 3.8) is 0 Å². The lowest BCUT2D eigenvalue weighted by molar-refractivity contribution is -0.112. The molecule has 2 heterocycles. The molecule has 3 rings (SSSR count). The van der Waals surface area contributed by atoms with Crippen LogP contribution in [-0.4, -0.2) is 34.4 Å². The molecule has 0 amide bonds. The number of rotatable bonds is 4. The highest BCUT2D eigenvalue weighted by atomic mass is 16.7. The average molecular weight is 318 g/mol. The Bertz CT molecular complexity index is 546. The summed E-state index contributed by atoms with van der Waals surface area (Å²) >= 11 is 0. The molecule has 0 aromatic carbocycles. The Hall–Kier alpha value is -1.14. The van der Waals surface area contributed by atoms with Crippen LogP contribution in [0.25, 0.3) is 0 Å². The Morgan fingerprint density at radius 2 is 1.83 bits per heavy atom. The summed E-state index contributed by atoms with van der Waals surface area (Å²) in [5.41, 5.74) is 0.324. The molecule has 6 heteroatoms. The van der Waals surface area contributed by atoms with Gasteiger partial charge in [-0.3, -0.25) is 4.68 Å². The van der Waals surface area contributed by atoms with Crippen LogP contribution >= 0.6 is 0 Å². The molecule has 23 heavy (non-hydrogen) atoms. The maximum Gasteiger partial charge on any atom is 0.498 e. The van der Waals surface area contributed by atoms with Gasteiger partial charge >= 0.3 is 7.12 Å². The van der Waals surface area contributed by atoms with Crippen LogP contribution in [0, 0.1) is 11.8 Å². The number of aldehydes is 1. The highest BCUT2D eigenvalue weighted by Crippen LogP contribution is 2.36. The fourth-order valence-electron chi connectivity index (χ4n) is 3.35. The third-order valence-corrected chi connectivity index (χ3v) is 5.71. The summed E-state index contributed by atoms with van der Waals surface area (Å²) in [6.07, 6.45) is 9.23. The van der Waals surface area contributed by atoms with Crippen LogP contribution in [0.5, 0.6) is 0 Å². The number of nitrogens with zero attached hydrogens (tertiary/aromatic N) is 2. The Labute approximate surface area is 138 Å². The average Bonchev–Trinajstić information content (AvgIpc) is 3.03. The molecule has 1 aliphatic carbocycles. The fourth-order valence-corrected chi connectivity index (χ4v) is 3.35. The van der Waals surface area contributed by atoms with Gasteiger partial charge in [0.1, 0.15) is 6.29 Å². The van der Waals surface area contributed by atoms with E-state index in [9.17, 15) is 4.79 Å². The lowest BCUT2D eigenvalue weighted by Crippen LogP contribution is -2.41. The van der Waals surface area contributed by atoms with Crippen LogP contribution in [-0.2, 0) is 20.6 Å². The zero-order chi connectivity index (χ0) is 16.7. The molecule has 1 saturated heterocycles. The third-order valence-electron chi connectivity index (χ3n) is 5.71. The maximum atomic E-state index is 10.8. The minimum absolute atomic E-state index is 0.268. The SMILES string of the molecule is CC1(C)OB(c2cnn(CC3CCC(C=O)CC3)c2)OC1(C)C. The van der Waals surface area contributed by atoms with Gasteiger partial charge in [0.15, 0.2) is 0 Å². The molecule has 1 aromatic heterocycles. The first-order valence-corrected chi connectivity index (χ1v) is 8.64. The van der Waals surface area contributed by atoms with Crippen LogP contribution in [0.2, 0.25) is 0 Å². The van der Waals surface area contributed by atoms with Gasteiger partial charge in [-0.1, -0.05) is 0 Å². The van der Waals surface area contributed by atoms with E-state index in [1.807, 2.05) is 17.1 Å². The van der Waals surface area contributed by atoms with Gasteiger partial charge in [-0.25, -0.2) is 0 Å². The number of aromatic nitrogens is 2. The molecular formula is C17H27BN2O3. The lowest BCUT2D eigenvalue weighted by atomic mass is 9.81. The van der Waals surface area contributed by atoms with E-state index in [4.69, 9.17) is 9.31 Å². The van der Waals surface area contributed by atoms with Crippen molar-refractivity contribution in [1.82, 2.24) is 9.78 Å². The van der Waals surface area contributed by atoms with Crippen molar-refractivity contribution in [1.29, 1.82) is 0 Å². The summed E-state index contributed by atoms with van der Waals surface area (Å²) in [4.78, 5) is 10.8. The van der Waals surface area contributed by atoms with E-state index < -0.39 is 0 Å². The second kappa shape index (κ2) is 6.06. The molecule has 1 saturated carbocycles. The molecule has 5 nitrogen and oxygen atoms in total. The molecule has 0 unspecified atom stereocenters. The molecule has 1 aromatic rings. The number of carbonyl (C=O) groups is 1. The summed E-state index contributed by atoms with van der Waals surface area (Å²) in [6, 6.07) is 0. The summed E-state index contributed by atoms with van der Waals surface area (Å²) < 4.78 is 14.1. The summed E-state index contributed by atoms with van der Waals surface area (Å²) in [6.45, 7) is 9.14. The quantitative estimate of drug-likeness (QED) is 0.631. The van der Waals surface area contributed by atoms with Crippen LogP contribution in [0.1, 0.15) is 53.4 Å². The first-order valence-electron chi connectivity index (χ1n) is 8.64. The predicted octanol–water partition coefficient (Wildman–Crippen LogP) is 2.19. The van der Waals surface area contributed by atoms with Gasteiger partial charge in [-0.2, -0.15) is 5.10 Å². The van der Waals surface area contributed by atoms with Crippen LogP contribution in [0.15, 0.2) is 12.4 Å². The van der Waals surface area contributed by atoms with Crippen LogP contribution in [0.4, 0.5) is 0 Å². The summed E-state index contributed by atoms with van der Waals surface area (Å²) in [5, 5.41) is 4.48. The lowest BCUT2D eigenvalue weighted by Gasteiger charge is -2.32. The second-order valence-electron chi connectivity index (χ2n) is 8.00. The monoisotopic (exact) mass is 318 g/mol. The first-order chi connectivity index (χ1) is 10.8. The van der Waals surface area contributed by atoms with Crippen molar-refractivity contribution in [2.24, 2.45) is 11.8 Å². The van der Waals surface area contributed by atoms with E-state index in [1.54, 1.807) is 0 Å². The molecule has 0 N–H and O–H groups in total. The largest absolute Gasteiger partial charge is 0.498 e. The van der Waals surface area contributed by atoms with Crippen molar-refractivity contribution in [2.75, 3.05) is 0 Å². The molecular weight excluding hydrogens is 291 g/mol. The van der Waals surface area contributed by atoms with E-state index in [-0.39, 0.29) is 24.2 Å². The smallest absolute Gasteiger partial charge is 0.399 e. The topological polar surface area (TPSA) is 53.4 Å². The van der Waals surface area contributed by atoms with Crippen molar-refractivity contribution in [2.45, 2.75) is 71.1 Å². The minimum Gasteiger partial charge on any atom is -0.399 e. The normalized spacial score (nSPS) is 29.7. The Morgan fingerprint density at radius 1 is 1.22 bits per heavy atom. The van der Waals surface area contributed by atoms with Crippen LogP contribution < -0.4 is 5.46 Å². The number of carbonyl (C=O) groups excluding carboxylic acids is 1. The van der Waals surface area contributed by atoms with Gasteiger partial charge in [0.25, 0.3) is 0 Å². The fraction of sp³-hybridized carbons (Fsp3) is 0.765. The van der Waals surface area contributed by atoms with E-state index in [1.165, 1.54) is 0 Å². The zero-order valence-corrected chi connectivity index (χ0v) is 14.6. The maximum absolute atomic E-state index is 10.8. The van der Waals surface area contributed by atoms with Crippen molar-refractivity contribution in [3.8, 4) is 0 Å². The minimum atomic E-state index is -0.348. The number of hydrogen-bond acceptors (Lipinski definition) is 4. The molecule has 0 radical (unpaired) electrons. The standard InChI is InChI=1S/C17H27BN2O3/c1-16(2)17(3,4)23-18(22-16)15-9-19-20(11-15)10-13-5-7-14(12-21)8-6-13/h9,11-14H,5-8,10H2,1-4H3. The Balaban J connectivity index is 1.60. The van der Waals surface area contributed by atoms with Gasteiger partial charge in [0.2, 0.25) is 0 Å². The Morgan fingerprint density at radius 3 is 2.39 bits per heavy atom. The highest BCUT2D eigenvalue weighted by Gasteiger charge is 2.52. The predicted molar refractivity (Wildman–Crippen MR) is 89.5 cm³/mol. The van der Waals surface area contributed by atoms with Crippen LogP contribution in [0.3, 0.4) is 0 Å². The van der Waals surface area contributed by atoms with E-state index in [0.717, 1.165) is 44.0 Å². The number of hydrogen-bond donors (Lipinski definition) is 0. The van der Waals surface area contributed by atoms with Gasteiger partial charge in [0, 0.05) is 30.3 Å². The molecule has 2 aliphatic rings. The third kappa shape index (κ3) is 3.38. The van der Waals surface area contributed by atoms with Gasteiger partial charge in [-0.15, -0.1) is 0 Å². The highest BCUT2D eigenvalue weighted by molar-refractivity contribution is 6.61. The van der Waals surface area contributed by atoms with Gasteiger partial charge in [-0.05, 0) is 59.3 Å². The Kier molecular flexibility index (Phi) is 4.40. The van der Waals surface area contributed by atoms with E-state index >= 15 is 0 Å². The van der Waals surface area contributed by atoms with Gasteiger partial charge < -0.3 is 14.1 Å². The van der Waals surface area contributed by atoms with E-state index in [2.05, 4.69) is 32.8 Å². The van der Waals surface area contributed by atoms with Crippen molar-refractivity contribution >= 4 is 18.9 Å². The molecule has 0 spiro atoms.